The smallest absolute Gasteiger partial charge is 0.408 e. The number of hydrogen-bond acceptors (Lipinski definition) is 5. The number of hydrogen-bond donors (Lipinski definition) is 3. The van der Waals surface area contributed by atoms with Gasteiger partial charge in [0.2, 0.25) is 0 Å². The molecule has 1 heterocycles. The number of carbonyl (C=O) groups is 4. The number of rotatable bonds is 3. The number of carboxylic acid groups (broad SMARTS) is 1. The summed E-state index contributed by atoms with van der Waals surface area (Å²) in [6.45, 7) is 6.03. The third-order valence-corrected chi connectivity index (χ3v) is 2.68. The Bertz CT molecular complexity index is 470. The van der Waals surface area contributed by atoms with Gasteiger partial charge in [0.1, 0.15) is 18.2 Å². The van der Waals surface area contributed by atoms with Crippen LogP contribution in [0.25, 0.3) is 0 Å². The molecular formula is C12H19N3O6. The molecule has 9 heteroatoms. The number of aliphatic carboxylic acids is 1. The summed E-state index contributed by atoms with van der Waals surface area (Å²) in [7, 11) is 0. The Hall–Kier alpha value is -2.32. The highest BCUT2D eigenvalue weighted by Crippen LogP contribution is 2.20. The van der Waals surface area contributed by atoms with Crippen molar-refractivity contribution >= 4 is 24.0 Å². The van der Waals surface area contributed by atoms with E-state index in [0.29, 0.717) is 0 Å². The topological polar surface area (TPSA) is 125 Å². The van der Waals surface area contributed by atoms with E-state index >= 15 is 0 Å². The lowest BCUT2D eigenvalue weighted by molar-refractivity contribution is -0.145. The number of urea groups is 1. The van der Waals surface area contributed by atoms with Gasteiger partial charge >= 0.3 is 18.1 Å². The van der Waals surface area contributed by atoms with Crippen molar-refractivity contribution in [3.8, 4) is 0 Å². The van der Waals surface area contributed by atoms with Gasteiger partial charge in [-0.1, -0.05) is 0 Å². The van der Waals surface area contributed by atoms with E-state index in [1.807, 2.05) is 0 Å². The van der Waals surface area contributed by atoms with E-state index in [1.165, 1.54) is 0 Å². The van der Waals surface area contributed by atoms with E-state index in [1.54, 1.807) is 27.7 Å². The van der Waals surface area contributed by atoms with E-state index in [0.717, 1.165) is 4.90 Å². The summed E-state index contributed by atoms with van der Waals surface area (Å²) in [4.78, 5) is 46.2. The van der Waals surface area contributed by atoms with Crippen LogP contribution in [0.3, 0.4) is 0 Å². The summed E-state index contributed by atoms with van der Waals surface area (Å²) in [5, 5.41) is 12.9. The van der Waals surface area contributed by atoms with Crippen molar-refractivity contribution in [3.05, 3.63) is 0 Å². The van der Waals surface area contributed by atoms with Crippen molar-refractivity contribution < 1.29 is 29.0 Å². The van der Waals surface area contributed by atoms with Crippen LogP contribution in [0, 0.1) is 0 Å². The average molecular weight is 301 g/mol. The Morgan fingerprint density at radius 1 is 1.33 bits per heavy atom. The molecule has 1 saturated heterocycles. The Kier molecular flexibility index (Phi) is 4.77. The Morgan fingerprint density at radius 2 is 1.90 bits per heavy atom. The van der Waals surface area contributed by atoms with E-state index < -0.39 is 48.2 Å². The summed E-state index contributed by atoms with van der Waals surface area (Å²) in [6, 6.07) is -2.26. The lowest BCUT2D eigenvalue weighted by atomic mass is 9.97. The van der Waals surface area contributed by atoms with E-state index in [2.05, 4.69) is 10.6 Å². The maximum absolute atomic E-state index is 11.8. The largest absolute Gasteiger partial charge is 0.480 e. The van der Waals surface area contributed by atoms with E-state index in [4.69, 9.17) is 9.84 Å². The van der Waals surface area contributed by atoms with Crippen molar-refractivity contribution in [2.24, 2.45) is 0 Å². The van der Waals surface area contributed by atoms with Crippen LogP contribution in [0.15, 0.2) is 0 Å². The van der Waals surface area contributed by atoms with Crippen LogP contribution in [-0.4, -0.2) is 58.2 Å². The molecule has 0 spiro atoms. The highest BCUT2D eigenvalue weighted by atomic mass is 16.6. The van der Waals surface area contributed by atoms with Crippen LogP contribution >= 0.6 is 0 Å². The van der Waals surface area contributed by atoms with Gasteiger partial charge in [0.25, 0.3) is 5.91 Å². The Morgan fingerprint density at radius 3 is 2.33 bits per heavy atom. The van der Waals surface area contributed by atoms with Gasteiger partial charge < -0.3 is 20.5 Å². The van der Waals surface area contributed by atoms with Crippen molar-refractivity contribution in [1.29, 1.82) is 0 Å². The molecular weight excluding hydrogens is 282 g/mol. The average Bonchev–Trinajstić information content (AvgIpc) is 2.31. The molecule has 0 aliphatic carbocycles. The van der Waals surface area contributed by atoms with Gasteiger partial charge in [0, 0.05) is 0 Å². The van der Waals surface area contributed by atoms with E-state index in [-0.39, 0.29) is 0 Å². The molecule has 4 amide bonds. The number of carboxylic acids is 1. The van der Waals surface area contributed by atoms with Crippen LogP contribution in [0.5, 0.6) is 0 Å². The molecule has 0 radical (unpaired) electrons. The minimum absolute atomic E-state index is 0.584. The molecule has 1 aliphatic heterocycles. The second kappa shape index (κ2) is 5.98. The van der Waals surface area contributed by atoms with Crippen LogP contribution in [-0.2, 0) is 14.3 Å². The number of alkyl carbamates (subject to hydrolysis) is 1. The predicted octanol–water partition coefficient (Wildman–Crippen LogP) is -0.0954. The first-order valence-corrected chi connectivity index (χ1v) is 6.35. The zero-order chi connectivity index (χ0) is 16.4. The van der Waals surface area contributed by atoms with Crippen molar-refractivity contribution in [1.82, 2.24) is 15.5 Å². The molecule has 0 bridgehead atoms. The molecule has 21 heavy (non-hydrogen) atoms. The summed E-state index contributed by atoms with van der Waals surface area (Å²) in [5.41, 5.74) is -0.696. The number of β-lactam (4-membered cyclic amide) rings is 1. The number of nitrogens with zero attached hydrogens (tertiary/aromatic N) is 1. The molecule has 118 valence electrons. The fraction of sp³-hybridized carbons (Fsp3) is 0.667. The SMILES string of the molecule is C[C@@H]1[C@H](NC(=O)OC(C)(C)C)C(=O)N1C(=O)NCC(=O)O. The van der Waals surface area contributed by atoms with Gasteiger partial charge in [-0.25, -0.2) is 9.59 Å². The molecule has 0 aromatic rings. The minimum Gasteiger partial charge on any atom is -0.480 e. The predicted molar refractivity (Wildman–Crippen MR) is 70.5 cm³/mol. The van der Waals surface area contributed by atoms with Gasteiger partial charge in [-0.3, -0.25) is 14.5 Å². The number of imide groups is 1. The quantitative estimate of drug-likeness (QED) is 0.625. The molecule has 3 N–H and O–H groups in total. The summed E-state index contributed by atoms with van der Waals surface area (Å²) < 4.78 is 5.02. The molecule has 1 rings (SSSR count). The molecule has 1 aliphatic rings. The second-order valence-electron chi connectivity index (χ2n) is 5.63. The molecule has 0 aromatic heterocycles. The van der Waals surface area contributed by atoms with Gasteiger partial charge in [0.15, 0.2) is 0 Å². The van der Waals surface area contributed by atoms with Crippen LogP contribution < -0.4 is 10.6 Å². The zero-order valence-corrected chi connectivity index (χ0v) is 12.3. The number of ether oxygens (including phenoxy) is 1. The summed E-state index contributed by atoms with van der Waals surface area (Å²) >= 11 is 0. The molecule has 9 nitrogen and oxygen atoms in total. The van der Waals surface area contributed by atoms with Crippen molar-refractivity contribution in [3.63, 3.8) is 0 Å². The first-order valence-electron chi connectivity index (χ1n) is 6.35. The lowest BCUT2D eigenvalue weighted by Gasteiger charge is -2.43. The van der Waals surface area contributed by atoms with Crippen LogP contribution in [0.4, 0.5) is 9.59 Å². The third kappa shape index (κ3) is 4.33. The van der Waals surface area contributed by atoms with Gasteiger partial charge in [-0.15, -0.1) is 0 Å². The second-order valence-corrected chi connectivity index (χ2v) is 5.63. The summed E-state index contributed by atoms with van der Waals surface area (Å²) in [6.07, 6.45) is -0.752. The fourth-order valence-electron chi connectivity index (χ4n) is 1.76. The monoisotopic (exact) mass is 301 g/mol. The van der Waals surface area contributed by atoms with Gasteiger partial charge in [-0.05, 0) is 27.7 Å². The first-order chi connectivity index (χ1) is 9.53. The Labute approximate surface area is 121 Å². The number of carbonyl (C=O) groups excluding carboxylic acids is 3. The first kappa shape index (κ1) is 16.7. The normalized spacial score (nSPS) is 21.3. The van der Waals surface area contributed by atoms with Crippen LogP contribution in [0.1, 0.15) is 27.7 Å². The zero-order valence-electron chi connectivity index (χ0n) is 12.3. The van der Waals surface area contributed by atoms with Crippen molar-refractivity contribution in [2.75, 3.05) is 6.54 Å². The highest BCUT2D eigenvalue weighted by molar-refractivity contribution is 6.04. The standard InChI is InChI=1S/C12H19N3O6/c1-6-8(14-11(20)21-12(2,3)4)9(18)15(6)10(19)13-5-7(16)17/h6,8H,5H2,1-4H3,(H,13,19)(H,14,20)(H,16,17)/t6-,8+/m1/s1. The number of nitrogens with one attached hydrogen (secondary N) is 2. The van der Waals surface area contributed by atoms with Crippen molar-refractivity contribution in [2.45, 2.75) is 45.4 Å². The maximum Gasteiger partial charge on any atom is 0.408 e. The molecule has 0 saturated carbocycles. The molecule has 0 unspecified atom stereocenters. The fourth-order valence-corrected chi connectivity index (χ4v) is 1.76. The molecule has 1 fully saturated rings. The lowest BCUT2D eigenvalue weighted by Crippen LogP contribution is -2.72. The summed E-state index contributed by atoms with van der Waals surface area (Å²) in [5.74, 6) is -1.83. The van der Waals surface area contributed by atoms with E-state index in [9.17, 15) is 19.2 Å². The minimum atomic E-state index is -1.22. The number of amides is 4. The molecule has 0 aromatic carbocycles. The highest BCUT2D eigenvalue weighted by Gasteiger charge is 2.49. The molecule has 2 atom stereocenters. The van der Waals surface area contributed by atoms with Crippen LogP contribution in [0.2, 0.25) is 0 Å². The van der Waals surface area contributed by atoms with Gasteiger partial charge in [0.05, 0.1) is 6.04 Å². The third-order valence-electron chi connectivity index (χ3n) is 2.68. The Balaban J connectivity index is 2.52. The number of likely N-dealkylation sites (tertiary alicyclic amines) is 1. The maximum atomic E-state index is 11.8. The van der Waals surface area contributed by atoms with Gasteiger partial charge in [-0.2, -0.15) is 0 Å².